The van der Waals surface area contributed by atoms with Gasteiger partial charge in [0.05, 0.1) is 7.11 Å². The van der Waals surface area contributed by atoms with Crippen molar-refractivity contribution < 1.29 is 23.8 Å². The predicted molar refractivity (Wildman–Crippen MR) is 153 cm³/mol. The number of methoxy groups -OCH3 is 1. The van der Waals surface area contributed by atoms with E-state index in [1.807, 2.05) is 85.8 Å². The van der Waals surface area contributed by atoms with Crippen molar-refractivity contribution in [3.8, 4) is 11.5 Å². The fourth-order valence-electron chi connectivity index (χ4n) is 5.42. The van der Waals surface area contributed by atoms with E-state index in [-0.39, 0.29) is 24.9 Å². The lowest BCUT2D eigenvalue weighted by Gasteiger charge is -2.36. The Hall–Kier alpha value is -3.71. The Bertz CT molecular complexity index is 1400. The van der Waals surface area contributed by atoms with Gasteiger partial charge in [0.15, 0.2) is 5.78 Å². The number of esters is 1. The molecule has 5 rings (SSSR count). The van der Waals surface area contributed by atoms with Gasteiger partial charge in [-0.25, -0.2) is 0 Å². The van der Waals surface area contributed by atoms with Crippen LogP contribution in [0.5, 0.6) is 11.5 Å². The average Bonchev–Trinajstić information content (AvgIpc) is 2.95. The van der Waals surface area contributed by atoms with E-state index in [0.717, 1.165) is 27.0 Å². The van der Waals surface area contributed by atoms with Crippen LogP contribution >= 0.6 is 15.9 Å². The van der Waals surface area contributed by atoms with Gasteiger partial charge in [0, 0.05) is 33.8 Å². The van der Waals surface area contributed by atoms with Gasteiger partial charge < -0.3 is 14.2 Å². The quantitative estimate of drug-likeness (QED) is 0.218. The Morgan fingerprint density at radius 2 is 1.59 bits per heavy atom. The molecule has 200 valence electrons. The third kappa shape index (κ3) is 5.98. The molecule has 0 radical (unpaired) electrons. The van der Waals surface area contributed by atoms with Crippen LogP contribution < -0.4 is 9.47 Å². The zero-order valence-corrected chi connectivity index (χ0v) is 23.5. The maximum absolute atomic E-state index is 13.7. The normalized spacial score (nSPS) is 20.6. The van der Waals surface area contributed by atoms with Crippen LogP contribution in [0.15, 0.2) is 99.6 Å². The molecule has 0 amide bonds. The number of carbonyl (C=O) groups excluding carboxylic acids is 2. The summed E-state index contributed by atoms with van der Waals surface area (Å²) in [5.74, 6) is -0.0312. The van der Waals surface area contributed by atoms with E-state index in [1.165, 1.54) is 0 Å². The molecule has 0 fully saturated rings. The number of halogens is 1. The van der Waals surface area contributed by atoms with E-state index in [0.29, 0.717) is 29.9 Å². The zero-order valence-electron chi connectivity index (χ0n) is 21.9. The highest BCUT2D eigenvalue weighted by molar-refractivity contribution is 9.10. The van der Waals surface area contributed by atoms with Gasteiger partial charge in [0.1, 0.15) is 30.6 Å². The molecule has 1 aliphatic heterocycles. The molecular weight excluding hydrogens is 558 g/mol. The number of aliphatic imine (C=N–C) groups is 1. The molecular formula is C32H30BrNO5. The fourth-order valence-corrected chi connectivity index (χ4v) is 5.68. The Morgan fingerprint density at radius 3 is 2.28 bits per heavy atom. The van der Waals surface area contributed by atoms with Crippen LogP contribution in [0.25, 0.3) is 0 Å². The number of hydrogen-bond donors (Lipinski definition) is 0. The highest BCUT2D eigenvalue weighted by Gasteiger charge is 2.44. The smallest absolute Gasteiger partial charge is 0.315 e. The molecule has 1 unspecified atom stereocenters. The first-order valence-corrected chi connectivity index (χ1v) is 13.8. The van der Waals surface area contributed by atoms with Crippen LogP contribution in [-0.4, -0.2) is 37.8 Å². The number of para-hydroxylation sites is 1. The highest BCUT2D eigenvalue weighted by atomic mass is 79.9. The third-order valence-electron chi connectivity index (χ3n) is 7.30. The van der Waals surface area contributed by atoms with E-state index >= 15 is 0 Å². The number of allylic oxidation sites excluding steroid dienone is 2. The molecule has 3 aromatic carbocycles. The standard InChI is InChI=1S/C32H30BrNO5/c1-20-29(32(36)39-17-16-38-26-6-4-3-5-7-26)30(22-8-12-24(33)13-9-22)31-27(34-20)18-23(19-28(31)35)21-10-14-25(37-2)15-11-21/h3-15,23,29-30H,16-19H2,1-2H3/t23-,29?,30-/m1/s1. The number of rotatable bonds is 8. The summed E-state index contributed by atoms with van der Waals surface area (Å²) in [6, 6.07) is 25.0. The molecule has 6 nitrogen and oxygen atoms in total. The number of ketones is 1. The Morgan fingerprint density at radius 1 is 0.897 bits per heavy atom. The summed E-state index contributed by atoms with van der Waals surface area (Å²) >= 11 is 3.49. The third-order valence-corrected chi connectivity index (χ3v) is 7.83. The molecule has 1 heterocycles. The highest BCUT2D eigenvalue weighted by Crippen LogP contribution is 2.47. The van der Waals surface area contributed by atoms with Gasteiger partial charge in [-0.1, -0.05) is 58.4 Å². The van der Waals surface area contributed by atoms with Crippen molar-refractivity contribution >= 4 is 33.4 Å². The summed E-state index contributed by atoms with van der Waals surface area (Å²) in [6.07, 6.45) is 0.990. The molecule has 1 aliphatic carbocycles. The summed E-state index contributed by atoms with van der Waals surface area (Å²) in [7, 11) is 1.63. The Labute approximate surface area is 236 Å². The summed E-state index contributed by atoms with van der Waals surface area (Å²) in [5.41, 5.74) is 3.99. The lowest BCUT2D eigenvalue weighted by molar-refractivity contribution is -0.147. The molecule has 7 heteroatoms. The number of hydrogen-bond acceptors (Lipinski definition) is 6. The number of ether oxygens (including phenoxy) is 3. The minimum absolute atomic E-state index is 0.0166. The SMILES string of the molecule is COc1ccc([C@H]2CC(=O)C3=C(C2)N=C(C)C(C(=O)OCCOc2ccccc2)[C@H]3c2ccc(Br)cc2)cc1. The van der Waals surface area contributed by atoms with Crippen molar-refractivity contribution in [3.63, 3.8) is 0 Å². The lowest BCUT2D eigenvalue weighted by atomic mass is 9.69. The largest absolute Gasteiger partial charge is 0.497 e. The number of carbonyl (C=O) groups is 2. The Kier molecular flexibility index (Phi) is 8.27. The Balaban J connectivity index is 1.40. The van der Waals surface area contributed by atoms with Gasteiger partial charge in [0.2, 0.25) is 0 Å². The van der Waals surface area contributed by atoms with E-state index in [2.05, 4.69) is 15.9 Å². The van der Waals surface area contributed by atoms with Crippen molar-refractivity contribution in [1.29, 1.82) is 0 Å². The summed E-state index contributed by atoms with van der Waals surface area (Å²) < 4.78 is 17.6. The first kappa shape index (κ1) is 26.9. The average molecular weight is 588 g/mol. The van der Waals surface area contributed by atoms with Gasteiger partial charge in [-0.15, -0.1) is 0 Å². The van der Waals surface area contributed by atoms with E-state index < -0.39 is 17.8 Å². The number of benzene rings is 3. The van der Waals surface area contributed by atoms with Crippen LogP contribution in [0.3, 0.4) is 0 Å². The first-order valence-electron chi connectivity index (χ1n) is 13.0. The number of nitrogens with zero attached hydrogens (tertiary/aromatic N) is 1. The summed E-state index contributed by atoms with van der Waals surface area (Å²) in [5, 5.41) is 0. The van der Waals surface area contributed by atoms with Gasteiger partial charge >= 0.3 is 5.97 Å². The monoisotopic (exact) mass is 587 g/mol. The van der Waals surface area contributed by atoms with Gasteiger partial charge in [-0.3, -0.25) is 14.6 Å². The molecule has 2 aliphatic rings. The van der Waals surface area contributed by atoms with Crippen molar-refractivity contribution in [3.05, 3.63) is 106 Å². The van der Waals surface area contributed by atoms with Gasteiger partial charge in [-0.2, -0.15) is 0 Å². The second kappa shape index (κ2) is 12.0. The second-order valence-corrected chi connectivity index (χ2v) is 10.7. The van der Waals surface area contributed by atoms with E-state index in [9.17, 15) is 9.59 Å². The predicted octanol–water partition coefficient (Wildman–Crippen LogP) is 6.66. The maximum Gasteiger partial charge on any atom is 0.315 e. The molecule has 0 saturated carbocycles. The molecule has 3 atom stereocenters. The topological polar surface area (TPSA) is 74.2 Å². The lowest BCUT2D eigenvalue weighted by Crippen LogP contribution is -2.38. The van der Waals surface area contributed by atoms with Crippen LogP contribution in [-0.2, 0) is 14.3 Å². The van der Waals surface area contributed by atoms with Crippen LogP contribution in [0, 0.1) is 5.92 Å². The first-order chi connectivity index (χ1) is 18.9. The molecule has 0 bridgehead atoms. The van der Waals surface area contributed by atoms with Crippen LogP contribution in [0.4, 0.5) is 0 Å². The van der Waals surface area contributed by atoms with Gasteiger partial charge in [0.25, 0.3) is 0 Å². The van der Waals surface area contributed by atoms with E-state index in [4.69, 9.17) is 19.2 Å². The molecule has 39 heavy (non-hydrogen) atoms. The zero-order chi connectivity index (χ0) is 27.4. The fraction of sp³-hybridized carbons (Fsp3) is 0.281. The summed E-state index contributed by atoms with van der Waals surface area (Å²) in [6.45, 7) is 2.19. The molecule has 0 aromatic heterocycles. The van der Waals surface area contributed by atoms with E-state index in [1.54, 1.807) is 7.11 Å². The van der Waals surface area contributed by atoms with Crippen LogP contribution in [0.2, 0.25) is 0 Å². The van der Waals surface area contributed by atoms with Crippen molar-refractivity contribution in [2.24, 2.45) is 10.9 Å². The molecule has 0 N–H and O–H groups in total. The van der Waals surface area contributed by atoms with Gasteiger partial charge in [-0.05, 0) is 66.8 Å². The van der Waals surface area contributed by atoms with Crippen LogP contribution in [0.1, 0.15) is 42.7 Å². The van der Waals surface area contributed by atoms with Crippen molar-refractivity contribution in [1.82, 2.24) is 0 Å². The van der Waals surface area contributed by atoms with Crippen molar-refractivity contribution in [2.45, 2.75) is 31.6 Å². The molecule has 0 saturated heterocycles. The second-order valence-electron chi connectivity index (χ2n) is 9.75. The summed E-state index contributed by atoms with van der Waals surface area (Å²) in [4.78, 5) is 32.1. The number of Topliss-reactive ketones (excluding diaryl/α,β-unsaturated/α-hetero) is 1. The van der Waals surface area contributed by atoms with Crippen molar-refractivity contribution in [2.75, 3.05) is 20.3 Å². The minimum atomic E-state index is -0.692. The maximum atomic E-state index is 13.7. The molecule has 3 aromatic rings. The minimum Gasteiger partial charge on any atom is -0.497 e. The molecule has 0 spiro atoms.